The van der Waals surface area contributed by atoms with Crippen LogP contribution in [0, 0.1) is 0 Å². The Morgan fingerprint density at radius 1 is 1.26 bits per heavy atom. The molecule has 3 rings (SSSR count). The lowest BCUT2D eigenvalue weighted by molar-refractivity contribution is 0.0159. The molecule has 1 aliphatic heterocycles. The van der Waals surface area contributed by atoms with E-state index in [4.69, 9.17) is 16.3 Å². The molecule has 2 aromatic carbocycles. The molecule has 1 N–H and O–H groups in total. The van der Waals surface area contributed by atoms with Gasteiger partial charge >= 0.3 is 6.03 Å². The summed E-state index contributed by atoms with van der Waals surface area (Å²) in [5.41, 5.74) is 3.21. The largest absolute Gasteiger partial charge is 0.371 e. The highest BCUT2D eigenvalue weighted by Crippen LogP contribution is 2.21. The summed E-state index contributed by atoms with van der Waals surface area (Å²) >= 11 is 5.93. The van der Waals surface area contributed by atoms with Gasteiger partial charge in [0.05, 0.1) is 12.7 Å². The number of halogens is 1. The maximum atomic E-state index is 12.3. The Morgan fingerprint density at radius 3 is 2.83 bits per heavy atom. The highest BCUT2D eigenvalue weighted by molar-refractivity contribution is 6.30. The smallest absolute Gasteiger partial charge is 0.321 e. The number of rotatable bonds is 3. The molecule has 0 saturated heterocycles. The van der Waals surface area contributed by atoms with Crippen molar-refractivity contribution in [1.29, 1.82) is 0 Å². The van der Waals surface area contributed by atoms with E-state index in [1.54, 1.807) is 30.1 Å². The van der Waals surface area contributed by atoms with Gasteiger partial charge in [0.25, 0.3) is 0 Å². The van der Waals surface area contributed by atoms with E-state index in [1.165, 1.54) is 11.1 Å². The minimum atomic E-state index is -0.172. The van der Waals surface area contributed by atoms with E-state index in [-0.39, 0.29) is 12.1 Å². The van der Waals surface area contributed by atoms with Gasteiger partial charge in [0.2, 0.25) is 0 Å². The fourth-order valence-corrected chi connectivity index (χ4v) is 2.89. The molecule has 0 fully saturated rings. The Balaban J connectivity index is 1.57. The van der Waals surface area contributed by atoms with Crippen molar-refractivity contribution in [1.82, 2.24) is 4.90 Å². The summed E-state index contributed by atoms with van der Waals surface area (Å²) < 4.78 is 5.85. The average molecular weight is 331 g/mol. The van der Waals surface area contributed by atoms with Gasteiger partial charge in [0, 0.05) is 30.7 Å². The molecule has 23 heavy (non-hydrogen) atoms. The number of anilines is 1. The molecule has 1 heterocycles. The van der Waals surface area contributed by atoms with E-state index in [2.05, 4.69) is 17.4 Å². The summed E-state index contributed by atoms with van der Waals surface area (Å²) in [4.78, 5) is 13.9. The molecule has 2 aromatic rings. The van der Waals surface area contributed by atoms with Gasteiger partial charge in [0.15, 0.2) is 0 Å². The molecule has 0 bridgehead atoms. The number of amides is 2. The zero-order valence-corrected chi connectivity index (χ0v) is 13.7. The first-order valence-electron chi connectivity index (χ1n) is 7.58. The van der Waals surface area contributed by atoms with Crippen molar-refractivity contribution in [3.05, 3.63) is 64.7 Å². The normalized spacial score (nSPS) is 16.5. The van der Waals surface area contributed by atoms with Gasteiger partial charge in [-0.1, -0.05) is 41.9 Å². The zero-order chi connectivity index (χ0) is 16.2. The molecule has 0 saturated carbocycles. The van der Waals surface area contributed by atoms with Crippen molar-refractivity contribution in [3.63, 3.8) is 0 Å². The van der Waals surface area contributed by atoms with Crippen molar-refractivity contribution in [2.45, 2.75) is 19.1 Å². The van der Waals surface area contributed by atoms with Gasteiger partial charge < -0.3 is 15.0 Å². The number of ether oxygens (including phenoxy) is 1. The Hall–Kier alpha value is -2.04. The predicted octanol–water partition coefficient (Wildman–Crippen LogP) is 3.95. The monoisotopic (exact) mass is 330 g/mol. The van der Waals surface area contributed by atoms with Crippen LogP contribution in [0.5, 0.6) is 0 Å². The summed E-state index contributed by atoms with van der Waals surface area (Å²) in [5.74, 6) is 0. The van der Waals surface area contributed by atoms with Crippen LogP contribution in [0.2, 0.25) is 5.02 Å². The molecule has 5 heteroatoms. The molecule has 0 spiro atoms. The summed E-state index contributed by atoms with van der Waals surface area (Å²) in [6.07, 6.45) is 0.838. The number of likely N-dealkylation sites (N-methyl/N-ethyl adjacent to an activating group) is 1. The summed E-state index contributed by atoms with van der Waals surface area (Å²) in [7, 11) is 1.77. The van der Waals surface area contributed by atoms with E-state index in [9.17, 15) is 4.79 Å². The fraction of sp³-hybridized carbons (Fsp3) is 0.278. The van der Waals surface area contributed by atoms with Crippen molar-refractivity contribution in [3.8, 4) is 0 Å². The number of carbonyl (C=O) groups excluding carboxylic acids is 1. The number of fused-ring (bicyclic) bond motifs is 1. The molecule has 0 radical (unpaired) electrons. The second-order valence-electron chi connectivity index (χ2n) is 5.73. The highest BCUT2D eigenvalue weighted by atomic mass is 35.5. The zero-order valence-electron chi connectivity index (χ0n) is 13.0. The highest BCUT2D eigenvalue weighted by Gasteiger charge is 2.22. The fourth-order valence-electron chi connectivity index (χ4n) is 2.70. The molecule has 0 aliphatic carbocycles. The minimum absolute atomic E-state index is 0.0139. The van der Waals surface area contributed by atoms with Crippen LogP contribution < -0.4 is 5.32 Å². The van der Waals surface area contributed by atoms with Crippen molar-refractivity contribution in [2.24, 2.45) is 0 Å². The Morgan fingerprint density at radius 2 is 2.04 bits per heavy atom. The Labute approximate surface area is 141 Å². The van der Waals surface area contributed by atoms with Gasteiger partial charge in [-0.15, -0.1) is 0 Å². The average Bonchev–Trinajstić information content (AvgIpc) is 2.54. The Kier molecular flexibility index (Phi) is 4.84. The summed E-state index contributed by atoms with van der Waals surface area (Å²) in [6, 6.07) is 15.2. The SMILES string of the molecule is CN(CC1Cc2ccccc2CO1)C(=O)Nc1cccc(Cl)c1. The topological polar surface area (TPSA) is 41.6 Å². The first kappa shape index (κ1) is 15.8. The number of carbonyl (C=O) groups is 1. The van der Waals surface area contributed by atoms with Crippen LogP contribution in [-0.4, -0.2) is 30.6 Å². The molecule has 1 unspecified atom stereocenters. The lowest BCUT2D eigenvalue weighted by Crippen LogP contribution is -2.40. The number of benzene rings is 2. The molecule has 120 valence electrons. The molecular formula is C18H19ClN2O2. The molecular weight excluding hydrogens is 312 g/mol. The number of nitrogens with one attached hydrogen (secondary N) is 1. The quantitative estimate of drug-likeness (QED) is 0.926. The van der Waals surface area contributed by atoms with E-state index in [0.717, 1.165) is 6.42 Å². The first-order valence-corrected chi connectivity index (χ1v) is 7.95. The van der Waals surface area contributed by atoms with Gasteiger partial charge in [-0.05, 0) is 29.3 Å². The van der Waals surface area contributed by atoms with Crippen molar-refractivity contribution < 1.29 is 9.53 Å². The third kappa shape index (κ3) is 4.03. The van der Waals surface area contributed by atoms with Gasteiger partial charge in [0.1, 0.15) is 0 Å². The lowest BCUT2D eigenvalue weighted by Gasteiger charge is -2.29. The molecule has 1 atom stereocenters. The van der Waals surface area contributed by atoms with Crippen LogP contribution in [-0.2, 0) is 17.8 Å². The summed E-state index contributed by atoms with van der Waals surface area (Å²) in [6.45, 7) is 1.14. The number of nitrogens with zero attached hydrogens (tertiary/aromatic N) is 1. The standard InChI is InChI=1S/C18H19ClN2O2/c1-21(18(22)20-16-8-4-7-15(19)10-16)11-17-9-13-5-2-3-6-14(13)12-23-17/h2-8,10,17H,9,11-12H2,1H3,(H,20,22). The lowest BCUT2D eigenvalue weighted by atomic mass is 9.99. The number of urea groups is 1. The van der Waals surface area contributed by atoms with E-state index < -0.39 is 0 Å². The maximum Gasteiger partial charge on any atom is 0.321 e. The maximum absolute atomic E-state index is 12.3. The molecule has 4 nitrogen and oxygen atoms in total. The van der Waals surface area contributed by atoms with Gasteiger partial charge in [-0.25, -0.2) is 4.79 Å². The van der Waals surface area contributed by atoms with Gasteiger partial charge in [-0.2, -0.15) is 0 Å². The first-order chi connectivity index (χ1) is 11.1. The van der Waals surface area contributed by atoms with Crippen LogP contribution >= 0.6 is 11.6 Å². The molecule has 2 amide bonds. The van der Waals surface area contributed by atoms with Gasteiger partial charge in [-0.3, -0.25) is 0 Å². The second-order valence-corrected chi connectivity index (χ2v) is 6.16. The van der Waals surface area contributed by atoms with E-state index >= 15 is 0 Å². The van der Waals surface area contributed by atoms with Crippen molar-refractivity contribution >= 4 is 23.3 Å². The number of hydrogen-bond acceptors (Lipinski definition) is 2. The van der Waals surface area contributed by atoms with Crippen LogP contribution in [0.15, 0.2) is 48.5 Å². The summed E-state index contributed by atoms with van der Waals surface area (Å²) in [5, 5.41) is 3.43. The molecule has 0 aromatic heterocycles. The predicted molar refractivity (Wildman–Crippen MR) is 91.8 cm³/mol. The minimum Gasteiger partial charge on any atom is -0.371 e. The third-order valence-electron chi connectivity index (χ3n) is 3.94. The van der Waals surface area contributed by atoms with Crippen LogP contribution in [0.25, 0.3) is 0 Å². The van der Waals surface area contributed by atoms with Crippen molar-refractivity contribution in [2.75, 3.05) is 18.9 Å². The Bertz CT molecular complexity index is 705. The third-order valence-corrected chi connectivity index (χ3v) is 4.18. The van der Waals surface area contributed by atoms with E-state index in [1.807, 2.05) is 18.2 Å². The van der Waals surface area contributed by atoms with E-state index in [0.29, 0.717) is 23.9 Å². The van der Waals surface area contributed by atoms with Crippen LogP contribution in [0.3, 0.4) is 0 Å². The van der Waals surface area contributed by atoms with Crippen LogP contribution in [0.4, 0.5) is 10.5 Å². The number of hydrogen-bond donors (Lipinski definition) is 1. The molecule has 1 aliphatic rings. The van der Waals surface area contributed by atoms with Crippen LogP contribution in [0.1, 0.15) is 11.1 Å². The second kappa shape index (κ2) is 7.02.